The summed E-state index contributed by atoms with van der Waals surface area (Å²) in [6.45, 7) is 9.85. The van der Waals surface area contributed by atoms with Crippen LogP contribution in [0, 0.1) is 11.7 Å². The van der Waals surface area contributed by atoms with Crippen LogP contribution >= 0.6 is 11.8 Å². The number of hydrogen-bond acceptors (Lipinski definition) is 7. The topological polar surface area (TPSA) is 111 Å². The summed E-state index contributed by atoms with van der Waals surface area (Å²) in [4.78, 5) is 49.5. The third-order valence-corrected chi connectivity index (χ3v) is 5.87. The summed E-state index contributed by atoms with van der Waals surface area (Å²) in [6.07, 6.45) is 0.0980. The van der Waals surface area contributed by atoms with E-state index in [2.05, 4.69) is 10.6 Å². The minimum Gasteiger partial charge on any atom is -0.493 e. The van der Waals surface area contributed by atoms with Gasteiger partial charge in [-0.15, -0.1) is 0 Å². The molecular formula is C23H33FN2O6S. The summed E-state index contributed by atoms with van der Waals surface area (Å²) in [5, 5.41) is 4.42. The first-order valence-corrected chi connectivity index (χ1v) is 11.6. The average Bonchev–Trinajstić information content (AvgIpc) is 2.71. The zero-order valence-corrected chi connectivity index (χ0v) is 20.7. The molecule has 1 aromatic rings. The van der Waals surface area contributed by atoms with Crippen molar-refractivity contribution in [2.24, 2.45) is 5.92 Å². The van der Waals surface area contributed by atoms with E-state index in [1.54, 1.807) is 6.92 Å². The molecule has 2 unspecified atom stereocenters. The van der Waals surface area contributed by atoms with Gasteiger partial charge in [0.2, 0.25) is 11.8 Å². The molecule has 33 heavy (non-hydrogen) atoms. The van der Waals surface area contributed by atoms with E-state index in [1.807, 2.05) is 13.8 Å². The van der Waals surface area contributed by atoms with E-state index in [0.717, 1.165) is 11.8 Å². The highest BCUT2D eigenvalue weighted by atomic mass is 32.2. The molecule has 8 nitrogen and oxygen atoms in total. The first-order chi connectivity index (χ1) is 15.4. The second-order valence-corrected chi connectivity index (χ2v) is 9.58. The second-order valence-electron chi connectivity index (χ2n) is 8.26. The predicted octanol–water partition coefficient (Wildman–Crippen LogP) is 2.84. The van der Waals surface area contributed by atoms with E-state index in [4.69, 9.17) is 9.47 Å². The zero-order chi connectivity index (χ0) is 25.2. The Kier molecular flexibility index (Phi) is 11.3. The van der Waals surface area contributed by atoms with Crippen LogP contribution in [-0.2, 0) is 23.9 Å². The molecule has 184 valence electrons. The first-order valence-electron chi connectivity index (χ1n) is 10.7. The number of amides is 2. The molecule has 2 amide bonds. The summed E-state index contributed by atoms with van der Waals surface area (Å²) in [7, 11) is 0. The molecule has 0 aliphatic heterocycles. The third kappa shape index (κ3) is 9.81. The maximum atomic E-state index is 13.0. The molecule has 10 heteroatoms. The molecule has 2 N–H and O–H groups in total. The number of thioether (sulfide) groups is 1. The predicted molar refractivity (Wildman–Crippen MR) is 124 cm³/mol. The number of hydrogen-bond donors (Lipinski definition) is 2. The lowest BCUT2D eigenvalue weighted by Gasteiger charge is -2.30. The van der Waals surface area contributed by atoms with Gasteiger partial charge in [-0.3, -0.25) is 14.4 Å². The Hall–Kier alpha value is -2.62. The van der Waals surface area contributed by atoms with Crippen LogP contribution in [0.15, 0.2) is 24.3 Å². The fourth-order valence-electron chi connectivity index (χ4n) is 2.76. The van der Waals surface area contributed by atoms with Crippen molar-refractivity contribution < 1.29 is 33.0 Å². The number of nitrogens with one attached hydrogen (secondary N) is 2. The van der Waals surface area contributed by atoms with Crippen molar-refractivity contribution in [1.29, 1.82) is 0 Å². The molecule has 0 aliphatic rings. The van der Waals surface area contributed by atoms with Gasteiger partial charge in [0.1, 0.15) is 23.1 Å². The molecular weight excluding hydrogens is 451 g/mol. The number of carbonyl (C=O) groups is 4. The summed E-state index contributed by atoms with van der Waals surface area (Å²) >= 11 is 0.907. The van der Waals surface area contributed by atoms with E-state index in [0.29, 0.717) is 5.75 Å². The molecule has 0 heterocycles. The van der Waals surface area contributed by atoms with Crippen LogP contribution in [-0.4, -0.2) is 52.9 Å². The van der Waals surface area contributed by atoms with Gasteiger partial charge < -0.3 is 20.1 Å². The summed E-state index contributed by atoms with van der Waals surface area (Å²) in [6, 6.07) is 4.40. The zero-order valence-electron chi connectivity index (χ0n) is 19.9. The fourth-order valence-corrected chi connectivity index (χ4v) is 3.56. The smallest absolute Gasteiger partial charge is 0.328 e. The highest BCUT2D eigenvalue weighted by Crippen LogP contribution is 2.21. The Morgan fingerprint density at radius 1 is 1.12 bits per heavy atom. The SMILES string of the molecule is CCOC(=O)C(CCOc1ccc(F)cc1)NC(=O)C(C)(C)NC(=O)C(SC(C)=O)C(C)C. The first kappa shape index (κ1) is 28.4. The molecule has 0 aromatic heterocycles. The van der Waals surface area contributed by atoms with Gasteiger partial charge in [0.25, 0.3) is 0 Å². The van der Waals surface area contributed by atoms with Crippen molar-refractivity contribution in [2.45, 2.75) is 64.8 Å². The second kappa shape index (κ2) is 13.2. The summed E-state index contributed by atoms with van der Waals surface area (Å²) in [5.74, 6) is -1.79. The van der Waals surface area contributed by atoms with Crippen molar-refractivity contribution in [2.75, 3.05) is 13.2 Å². The molecule has 0 bridgehead atoms. The minimum absolute atomic E-state index is 0.0624. The molecule has 0 saturated heterocycles. The standard InChI is InChI=1S/C23H33FN2O6S/c1-7-31-21(29)18(12-13-32-17-10-8-16(24)9-11-17)25-22(30)23(5,6)26-20(28)19(14(2)3)33-15(4)27/h8-11,14,18-19H,7,12-13H2,1-6H3,(H,25,30)(H,26,28). The highest BCUT2D eigenvalue weighted by molar-refractivity contribution is 8.14. The third-order valence-electron chi connectivity index (χ3n) is 4.53. The normalized spacial score (nSPS) is 13.1. The molecule has 0 radical (unpaired) electrons. The van der Waals surface area contributed by atoms with E-state index in [9.17, 15) is 23.6 Å². The molecule has 2 atom stereocenters. The van der Waals surface area contributed by atoms with Crippen molar-refractivity contribution in [3.8, 4) is 5.75 Å². The largest absolute Gasteiger partial charge is 0.493 e. The van der Waals surface area contributed by atoms with E-state index < -0.39 is 40.4 Å². The number of ether oxygens (including phenoxy) is 2. The monoisotopic (exact) mass is 484 g/mol. The molecule has 0 saturated carbocycles. The lowest BCUT2D eigenvalue weighted by atomic mass is 10.0. The van der Waals surface area contributed by atoms with Gasteiger partial charge in [-0.2, -0.15) is 0 Å². The minimum atomic E-state index is -1.36. The Bertz CT molecular complexity index is 829. The van der Waals surface area contributed by atoms with Gasteiger partial charge >= 0.3 is 5.97 Å². The molecule has 0 aliphatic carbocycles. The van der Waals surface area contributed by atoms with Crippen LogP contribution < -0.4 is 15.4 Å². The number of esters is 1. The Balaban J connectivity index is 2.82. The van der Waals surface area contributed by atoms with Gasteiger partial charge in [0.15, 0.2) is 5.12 Å². The quantitative estimate of drug-likeness (QED) is 0.439. The van der Waals surface area contributed by atoms with Crippen molar-refractivity contribution in [1.82, 2.24) is 10.6 Å². The van der Waals surface area contributed by atoms with Gasteiger partial charge in [0, 0.05) is 13.3 Å². The Morgan fingerprint density at radius 2 is 1.73 bits per heavy atom. The lowest BCUT2D eigenvalue weighted by molar-refractivity contribution is -0.148. The number of carbonyl (C=O) groups excluding carboxylic acids is 4. The van der Waals surface area contributed by atoms with Crippen LogP contribution in [0.2, 0.25) is 0 Å². The van der Waals surface area contributed by atoms with Gasteiger partial charge in [-0.25, -0.2) is 9.18 Å². The maximum Gasteiger partial charge on any atom is 0.328 e. The lowest BCUT2D eigenvalue weighted by Crippen LogP contribution is -2.59. The van der Waals surface area contributed by atoms with Crippen LogP contribution in [0.3, 0.4) is 0 Å². The number of benzene rings is 1. The van der Waals surface area contributed by atoms with Crippen LogP contribution in [0.25, 0.3) is 0 Å². The van der Waals surface area contributed by atoms with Gasteiger partial charge in [-0.05, 0) is 51.0 Å². The van der Waals surface area contributed by atoms with Gasteiger partial charge in [-0.1, -0.05) is 25.6 Å². The van der Waals surface area contributed by atoms with Crippen molar-refractivity contribution in [3.05, 3.63) is 30.1 Å². The van der Waals surface area contributed by atoms with Crippen LogP contribution in [0.5, 0.6) is 5.75 Å². The van der Waals surface area contributed by atoms with E-state index in [1.165, 1.54) is 45.0 Å². The van der Waals surface area contributed by atoms with Crippen molar-refractivity contribution >= 4 is 34.7 Å². The maximum absolute atomic E-state index is 13.0. The molecule has 0 fully saturated rings. The van der Waals surface area contributed by atoms with Crippen LogP contribution in [0.1, 0.15) is 48.0 Å². The number of halogens is 1. The number of rotatable bonds is 12. The van der Waals surface area contributed by atoms with Crippen molar-refractivity contribution in [3.63, 3.8) is 0 Å². The van der Waals surface area contributed by atoms with Crippen LogP contribution in [0.4, 0.5) is 4.39 Å². The molecule has 1 rings (SSSR count). The highest BCUT2D eigenvalue weighted by Gasteiger charge is 2.36. The summed E-state index contributed by atoms with van der Waals surface area (Å²) < 4.78 is 23.6. The Labute approximate surface area is 198 Å². The van der Waals surface area contributed by atoms with E-state index in [-0.39, 0.29) is 30.7 Å². The molecule has 1 aromatic carbocycles. The summed E-state index contributed by atoms with van der Waals surface area (Å²) in [5.41, 5.74) is -1.36. The Morgan fingerprint density at radius 3 is 2.24 bits per heavy atom. The van der Waals surface area contributed by atoms with Gasteiger partial charge in [0.05, 0.1) is 18.5 Å². The van der Waals surface area contributed by atoms with E-state index >= 15 is 0 Å². The molecule has 0 spiro atoms. The average molecular weight is 485 g/mol. The fraction of sp³-hybridized carbons (Fsp3) is 0.565.